The van der Waals surface area contributed by atoms with Gasteiger partial charge in [-0.25, -0.2) is 0 Å². The van der Waals surface area contributed by atoms with Gasteiger partial charge in [0.1, 0.15) is 0 Å². The number of aromatic nitrogens is 2. The molecule has 1 aromatic rings. The lowest BCUT2D eigenvalue weighted by atomic mass is 9.96. The molecule has 1 fully saturated rings. The van der Waals surface area contributed by atoms with Gasteiger partial charge in [-0.05, 0) is 26.3 Å². The SMILES string of the molecule is COCCn1ncc(Cl)c1C1(C)CCCN1. The molecule has 0 aromatic carbocycles. The minimum atomic E-state index is -0.0404. The fourth-order valence-corrected chi connectivity index (χ4v) is 2.70. The van der Waals surface area contributed by atoms with Gasteiger partial charge in [0, 0.05) is 7.11 Å². The Morgan fingerprint density at radius 1 is 1.69 bits per heavy atom. The first-order chi connectivity index (χ1) is 7.67. The van der Waals surface area contributed by atoms with Crippen molar-refractivity contribution in [1.29, 1.82) is 0 Å². The molecule has 1 aliphatic heterocycles. The Balaban J connectivity index is 2.27. The third-order valence-electron chi connectivity index (χ3n) is 3.19. The van der Waals surface area contributed by atoms with Gasteiger partial charge in [-0.3, -0.25) is 4.68 Å². The van der Waals surface area contributed by atoms with Gasteiger partial charge in [0.15, 0.2) is 0 Å². The minimum Gasteiger partial charge on any atom is -0.383 e. The van der Waals surface area contributed by atoms with Gasteiger partial charge in [0.25, 0.3) is 0 Å². The molecule has 0 saturated carbocycles. The Labute approximate surface area is 101 Å². The minimum absolute atomic E-state index is 0.0404. The molecular weight excluding hydrogens is 226 g/mol. The quantitative estimate of drug-likeness (QED) is 0.876. The molecule has 0 amide bonds. The summed E-state index contributed by atoms with van der Waals surface area (Å²) in [5.41, 5.74) is 1.05. The van der Waals surface area contributed by atoms with Crippen LogP contribution < -0.4 is 5.32 Å². The molecule has 0 radical (unpaired) electrons. The molecule has 0 bridgehead atoms. The molecule has 90 valence electrons. The lowest BCUT2D eigenvalue weighted by molar-refractivity contribution is 0.180. The highest BCUT2D eigenvalue weighted by molar-refractivity contribution is 6.31. The van der Waals surface area contributed by atoms with Crippen LogP contribution >= 0.6 is 11.6 Å². The number of hydrogen-bond donors (Lipinski definition) is 1. The monoisotopic (exact) mass is 243 g/mol. The van der Waals surface area contributed by atoms with Crippen LogP contribution in [0.2, 0.25) is 5.02 Å². The third-order valence-corrected chi connectivity index (χ3v) is 3.47. The van der Waals surface area contributed by atoms with E-state index in [0.717, 1.165) is 30.2 Å². The molecule has 1 saturated heterocycles. The predicted molar refractivity (Wildman–Crippen MR) is 63.7 cm³/mol. The van der Waals surface area contributed by atoms with Crippen molar-refractivity contribution in [1.82, 2.24) is 15.1 Å². The van der Waals surface area contributed by atoms with E-state index in [0.29, 0.717) is 6.61 Å². The van der Waals surface area contributed by atoms with E-state index in [-0.39, 0.29) is 5.54 Å². The zero-order valence-electron chi connectivity index (χ0n) is 9.79. The van der Waals surface area contributed by atoms with Gasteiger partial charge in [0.05, 0.1) is 35.6 Å². The number of rotatable bonds is 4. The van der Waals surface area contributed by atoms with Gasteiger partial charge in [-0.2, -0.15) is 5.10 Å². The van der Waals surface area contributed by atoms with Crippen LogP contribution in [-0.2, 0) is 16.8 Å². The molecule has 1 aromatic heterocycles. The third kappa shape index (κ3) is 2.10. The fourth-order valence-electron chi connectivity index (χ4n) is 2.35. The number of methoxy groups -OCH3 is 1. The molecule has 1 aliphatic rings. The molecule has 0 spiro atoms. The number of nitrogens with zero attached hydrogens (tertiary/aromatic N) is 2. The van der Waals surface area contributed by atoms with Crippen molar-refractivity contribution >= 4 is 11.6 Å². The van der Waals surface area contributed by atoms with Crippen molar-refractivity contribution in [3.8, 4) is 0 Å². The Morgan fingerprint density at radius 2 is 2.50 bits per heavy atom. The van der Waals surface area contributed by atoms with Crippen molar-refractivity contribution < 1.29 is 4.74 Å². The van der Waals surface area contributed by atoms with Crippen LogP contribution in [0.5, 0.6) is 0 Å². The molecule has 1 atom stereocenters. The topological polar surface area (TPSA) is 39.1 Å². The van der Waals surface area contributed by atoms with E-state index in [9.17, 15) is 0 Å². The van der Waals surface area contributed by atoms with Crippen molar-refractivity contribution in [3.05, 3.63) is 16.9 Å². The zero-order valence-corrected chi connectivity index (χ0v) is 10.5. The highest BCUT2D eigenvalue weighted by Gasteiger charge is 2.35. The lowest BCUT2D eigenvalue weighted by Gasteiger charge is -2.26. The second-order valence-electron chi connectivity index (χ2n) is 4.42. The average molecular weight is 244 g/mol. The van der Waals surface area contributed by atoms with Crippen LogP contribution in [0.25, 0.3) is 0 Å². The van der Waals surface area contributed by atoms with Crippen LogP contribution in [0, 0.1) is 0 Å². The zero-order chi connectivity index (χ0) is 11.6. The first-order valence-electron chi connectivity index (χ1n) is 5.63. The summed E-state index contributed by atoms with van der Waals surface area (Å²) in [4.78, 5) is 0. The van der Waals surface area contributed by atoms with Gasteiger partial charge in [-0.1, -0.05) is 11.6 Å². The summed E-state index contributed by atoms with van der Waals surface area (Å²) in [6.07, 6.45) is 4.01. The van der Waals surface area contributed by atoms with E-state index in [1.54, 1.807) is 13.3 Å². The summed E-state index contributed by atoms with van der Waals surface area (Å²) < 4.78 is 7.03. The van der Waals surface area contributed by atoms with E-state index >= 15 is 0 Å². The summed E-state index contributed by atoms with van der Waals surface area (Å²) in [6, 6.07) is 0. The standard InChI is InChI=1S/C11H18ClN3O/c1-11(4-3-5-13-11)10-9(12)8-14-15(10)6-7-16-2/h8,13H,3-7H2,1-2H3. The van der Waals surface area contributed by atoms with Crippen LogP contribution in [0.4, 0.5) is 0 Å². The molecule has 4 nitrogen and oxygen atoms in total. The molecule has 5 heteroatoms. The van der Waals surface area contributed by atoms with Crippen molar-refractivity contribution in [3.63, 3.8) is 0 Å². The fraction of sp³-hybridized carbons (Fsp3) is 0.727. The molecule has 1 unspecified atom stereocenters. The summed E-state index contributed by atoms with van der Waals surface area (Å²) >= 11 is 6.23. The Morgan fingerprint density at radius 3 is 3.12 bits per heavy atom. The summed E-state index contributed by atoms with van der Waals surface area (Å²) in [5, 5.41) is 8.56. The van der Waals surface area contributed by atoms with E-state index in [1.807, 2.05) is 4.68 Å². The first kappa shape index (κ1) is 11.9. The van der Waals surface area contributed by atoms with Crippen LogP contribution in [-0.4, -0.2) is 30.0 Å². The molecule has 2 rings (SSSR count). The molecular formula is C11H18ClN3O. The maximum atomic E-state index is 6.23. The largest absolute Gasteiger partial charge is 0.383 e. The first-order valence-corrected chi connectivity index (χ1v) is 6.01. The average Bonchev–Trinajstić information content (AvgIpc) is 2.83. The van der Waals surface area contributed by atoms with E-state index in [2.05, 4.69) is 17.3 Å². The maximum absolute atomic E-state index is 6.23. The van der Waals surface area contributed by atoms with Gasteiger partial charge < -0.3 is 10.1 Å². The smallest absolute Gasteiger partial charge is 0.0837 e. The van der Waals surface area contributed by atoms with Gasteiger partial charge in [0.2, 0.25) is 0 Å². The summed E-state index contributed by atoms with van der Waals surface area (Å²) in [6.45, 7) is 4.63. The second kappa shape index (κ2) is 4.73. The Kier molecular flexibility index (Phi) is 3.52. The second-order valence-corrected chi connectivity index (χ2v) is 4.83. The number of ether oxygens (including phenoxy) is 1. The van der Waals surface area contributed by atoms with Crippen LogP contribution in [0.1, 0.15) is 25.5 Å². The van der Waals surface area contributed by atoms with Crippen molar-refractivity contribution in [2.45, 2.75) is 31.8 Å². The van der Waals surface area contributed by atoms with E-state index in [1.165, 1.54) is 6.42 Å². The number of hydrogen-bond acceptors (Lipinski definition) is 3. The Hall–Kier alpha value is -0.580. The van der Waals surface area contributed by atoms with Gasteiger partial charge in [-0.15, -0.1) is 0 Å². The molecule has 1 N–H and O–H groups in total. The highest BCUT2D eigenvalue weighted by atomic mass is 35.5. The predicted octanol–water partition coefficient (Wildman–Crippen LogP) is 1.78. The highest BCUT2D eigenvalue weighted by Crippen LogP contribution is 2.34. The maximum Gasteiger partial charge on any atom is 0.0837 e. The lowest BCUT2D eigenvalue weighted by Crippen LogP contribution is -2.36. The number of halogens is 1. The Bertz CT molecular complexity index is 358. The van der Waals surface area contributed by atoms with E-state index < -0.39 is 0 Å². The molecule has 2 heterocycles. The van der Waals surface area contributed by atoms with Crippen LogP contribution in [0.3, 0.4) is 0 Å². The molecule has 0 aliphatic carbocycles. The van der Waals surface area contributed by atoms with Gasteiger partial charge >= 0.3 is 0 Å². The van der Waals surface area contributed by atoms with E-state index in [4.69, 9.17) is 16.3 Å². The van der Waals surface area contributed by atoms with Crippen molar-refractivity contribution in [2.24, 2.45) is 0 Å². The summed E-state index contributed by atoms with van der Waals surface area (Å²) in [7, 11) is 1.69. The summed E-state index contributed by atoms with van der Waals surface area (Å²) in [5.74, 6) is 0. The normalized spacial score (nSPS) is 25.2. The number of nitrogens with one attached hydrogen (secondary N) is 1. The van der Waals surface area contributed by atoms with Crippen LogP contribution in [0.15, 0.2) is 6.20 Å². The van der Waals surface area contributed by atoms with Crippen molar-refractivity contribution in [2.75, 3.05) is 20.3 Å². The molecule has 16 heavy (non-hydrogen) atoms.